The minimum Gasteiger partial charge on any atom is -0.496 e. The van der Waals surface area contributed by atoms with Gasteiger partial charge in [0.05, 0.1) is 18.4 Å². The Morgan fingerprint density at radius 3 is 2.28 bits per heavy atom. The van der Waals surface area contributed by atoms with Crippen molar-refractivity contribution in [3.05, 3.63) is 89.0 Å². The lowest BCUT2D eigenvalue weighted by Gasteiger charge is -2.38. The minimum atomic E-state index is -3.65. The quantitative estimate of drug-likeness (QED) is 0.466. The van der Waals surface area contributed by atoms with Gasteiger partial charge in [-0.15, -0.1) is 0 Å². The first-order chi connectivity index (χ1) is 18.8. The van der Waals surface area contributed by atoms with Crippen LogP contribution in [0.2, 0.25) is 0 Å². The van der Waals surface area contributed by atoms with Gasteiger partial charge in [-0.2, -0.15) is 0 Å². The van der Waals surface area contributed by atoms with Gasteiger partial charge in [0.15, 0.2) is 0 Å². The first-order valence-electron chi connectivity index (χ1n) is 13.4. The molecule has 1 amide bonds. The molecule has 206 valence electrons. The third-order valence-corrected chi connectivity index (χ3v) is 9.08. The fourth-order valence-corrected chi connectivity index (χ4v) is 6.32. The maximum absolute atomic E-state index is 13.3. The highest BCUT2D eigenvalue weighted by atomic mass is 32.2. The van der Waals surface area contributed by atoms with Gasteiger partial charge in [-0.25, -0.2) is 13.1 Å². The van der Waals surface area contributed by atoms with Crippen LogP contribution in [0.5, 0.6) is 5.75 Å². The highest BCUT2D eigenvalue weighted by molar-refractivity contribution is 7.89. The van der Waals surface area contributed by atoms with Crippen molar-refractivity contribution in [1.82, 2.24) is 14.5 Å². The van der Waals surface area contributed by atoms with E-state index in [2.05, 4.69) is 27.6 Å². The van der Waals surface area contributed by atoms with Crippen LogP contribution in [0.15, 0.2) is 71.6 Å². The van der Waals surface area contributed by atoms with Crippen LogP contribution in [-0.4, -0.2) is 71.0 Å². The highest BCUT2D eigenvalue weighted by Crippen LogP contribution is 2.36. The van der Waals surface area contributed by atoms with Crippen LogP contribution < -0.4 is 14.4 Å². The van der Waals surface area contributed by atoms with Gasteiger partial charge < -0.3 is 19.4 Å². The molecule has 1 fully saturated rings. The smallest absolute Gasteiger partial charge is 0.240 e. The molecule has 2 heterocycles. The molecule has 9 heteroatoms. The van der Waals surface area contributed by atoms with E-state index in [1.54, 1.807) is 31.4 Å². The zero-order valence-electron chi connectivity index (χ0n) is 22.6. The normalized spacial score (nSPS) is 16.2. The number of anilines is 1. The number of benzene rings is 3. The van der Waals surface area contributed by atoms with Crippen LogP contribution in [0.25, 0.3) is 0 Å². The molecular weight excluding hydrogens is 512 g/mol. The third kappa shape index (κ3) is 6.27. The number of hydrogen-bond acceptors (Lipinski definition) is 6. The molecule has 0 bridgehead atoms. The van der Waals surface area contributed by atoms with Gasteiger partial charge in [0.2, 0.25) is 15.9 Å². The van der Waals surface area contributed by atoms with Gasteiger partial charge in [-0.3, -0.25) is 4.79 Å². The molecule has 2 aliphatic rings. The summed E-state index contributed by atoms with van der Waals surface area (Å²) in [6.45, 7) is 5.33. The number of piperazine rings is 1. The van der Waals surface area contributed by atoms with Gasteiger partial charge in [-0.1, -0.05) is 42.5 Å². The van der Waals surface area contributed by atoms with Crippen molar-refractivity contribution in [3.8, 4) is 5.75 Å². The number of carbonyl (C=O) groups is 1. The number of amides is 1. The van der Waals surface area contributed by atoms with E-state index in [9.17, 15) is 13.2 Å². The zero-order valence-corrected chi connectivity index (χ0v) is 23.4. The van der Waals surface area contributed by atoms with Crippen molar-refractivity contribution in [2.24, 2.45) is 0 Å². The monoisotopic (exact) mass is 548 g/mol. The van der Waals surface area contributed by atoms with Gasteiger partial charge in [0, 0.05) is 62.6 Å². The second kappa shape index (κ2) is 11.8. The number of hydrogen-bond donors (Lipinski definition) is 1. The fraction of sp³-hybridized carbons (Fsp3) is 0.367. The van der Waals surface area contributed by atoms with Crippen molar-refractivity contribution >= 4 is 21.6 Å². The van der Waals surface area contributed by atoms with Crippen molar-refractivity contribution in [2.45, 2.75) is 30.8 Å². The minimum absolute atomic E-state index is 0.0330. The average Bonchev–Trinajstić information content (AvgIpc) is 2.96. The van der Waals surface area contributed by atoms with Gasteiger partial charge in [0.25, 0.3) is 0 Å². The van der Waals surface area contributed by atoms with Crippen molar-refractivity contribution in [3.63, 3.8) is 0 Å². The standard InChI is InChI=1S/C30H36N4O4S/c1-32-16-18-33(19-17-32)28-12-13-29(38-2)26-14-15-34(22-27(26)28)30(35)20-23-8-10-25(11-9-23)39(36,37)31-21-24-6-4-3-5-7-24/h3-13,31H,14-22H2,1-2H3. The molecular formula is C30H36N4O4S. The molecule has 1 N–H and O–H groups in total. The number of nitrogens with one attached hydrogen (secondary N) is 1. The van der Waals surface area contributed by atoms with E-state index < -0.39 is 10.0 Å². The number of fused-ring (bicyclic) bond motifs is 1. The van der Waals surface area contributed by atoms with Gasteiger partial charge in [-0.05, 0) is 48.9 Å². The van der Waals surface area contributed by atoms with Gasteiger partial charge >= 0.3 is 0 Å². The van der Waals surface area contributed by atoms with E-state index >= 15 is 0 Å². The van der Waals surface area contributed by atoms with Crippen LogP contribution in [0.4, 0.5) is 5.69 Å². The Labute approximate surface area is 231 Å². The number of nitrogens with zero attached hydrogens (tertiary/aromatic N) is 3. The summed E-state index contributed by atoms with van der Waals surface area (Å²) in [5.74, 6) is 0.915. The SMILES string of the molecule is COc1ccc(N2CCN(C)CC2)c2c1CCN(C(=O)Cc1ccc(S(=O)(=O)NCc3ccccc3)cc1)C2. The molecule has 0 saturated carbocycles. The van der Waals surface area contributed by atoms with E-state index in [0.717, 1.165) is 49.5 Å². The van der Waals surface area contributed by atoms with E-state index in [1.807, 2.05) is 41.3 Å². The molecule has 1 saturated heterocycles. The molecule has 0 spiro atoms. The van der Waals surface area contributed by atoms with E-state index in [4.69, 9.17) is 4.74 Å². The topological polar surface area (TPSA) is 82.2 Å². The molecule has 0 unspecified atom stereocenters. The molecule has 5 rings (SSSR count). The first kappa shape index (κ1) is 27.2. The molecule has 3 aromatic carbocycles. The molecule has 8 nitrogen and oxygen atoms in total. The molecule has 0 atom stereocenters. The predicted molar refractivity (Wildman–Crippen MR) is 152 cm³/mol. The van der Waals surface area contributed by atoms with Crippen LogP contribution in [-0.2, 0) is 40.7 Å². The lowest BCUT2D eigenvalue weighted by molar-refractivity contribution is -0.131. The first-order valence-corrected chi connectivity index (χ1v) is 14.8. The summed E-state index contributed by atoms with van der Waals surface area (Å²) in [6.07, 6.45) is 0.969. The number of likely N-dealkylation sites (N-methyl/N-ethyl adjacent to an activating group) is 1. The number of sulfonamides is 1. The van der Waals surface area contributed by atoms with Crippen molar-refractivity contribution in [2.75, 3.05) is 51.8 Å². The summed E-state index contributed by atoms with van der Waals surface area (Å²) >= 11 is 0. The molecule has 0 radical (unpaired) electrons. The fourth-order valence-electron chi connectivity index (χ4n) is 5.30. The van der Waals surface area contributed by atoms with Crippen molar-refractivity contribution < 1.29 is 17.9 Å². The maximum Gasteiger partial charge on any atom is 0.240 e. The summed E-state index contributed by atoms with van der Waals surface area (Å²) in [5.41, 5.74) is 5.23. The maximum atomic E-state index is 13.3. The summed E-state index contributed by atoms with van der Waals surface area (Å²) in [6, 6.07) is 20.2. The Kier molecular flexibility index (Phi) is 8.20. The van der Waals surface area contributed by atoms with Crippen LogP contribution in [0, 0.1) is 0 Å². The summed E-state index contributed by atoms with van der Waals surface area (Å²) in [7, 11) is 0.193. The molecule has 3 aromatic rings. The second-order valence-corrected chi connectivity index (χ2v) is 12.0. The Balaban J connectivity index is 1.25. The van der Waals surface area contributed by atoms with Gasteiger partial charge in [0.1, 0.15) is 5.75 Å². The average molecular weight is 549 g/mol. The number of carbonyl (C=O) groups excluding carboxylic acids is 1. The molecule has 39 heavy (non-hydrogen) atoms. The zero-order chi connectivity index (χ0) is 27.4. The van der Waals surface area contributed by atoms with Crippen LogP contribution >= 0.6 is 0 Å². The van der Waals surface area contributed by atoms with E-state index in [0.29, 0.717) is 13.1 Å². The predicted octanol–water partition coefficient (Wildman–Crippen LogP) is 3.05. The third-order valence-electron chi connectivity index (χ3n) is 7.66. The largest absolute Gasteiger partial charge is 0.496 e. The lowest BCUT2D eigenvalue weighted by Crippen LogP contribution is -2.45. The number of ether oxygens (including phenoxy) is 1. The Morgan fingerprint density at radius 1 is 0.872 bits per heavy atom. The molecule has 0 aromatic heterocycles. The summed E-state index contributed by atoms with van der Waals surface area (Å²) in [5, 5.41) is 0. The van der Waals surface area contributed by atoms with Crippen molar-refractivity contribution in [1.29, 1.82) is 0 Å². The van der Waals surface area contributed by atoms with Crippen LogP contribution in [0.3, 0.4) is 0 Å². The summed E-state index contributed by atoms with van der Waals surface area (Å²) in [4.78, 5) is 20.2. The summed E-state index contributed by atoms with van der Waals surface area (Å²) < 4.78 is 33.8. The Morgan fingerprint density at radius 2 is 1.59 bits per heavy atom. The number of methoxy groups -OCH3 is 1. The lowest BCUT2D eigenvalue weighted by atomic mass is 9.95. The van der Waals surface area contributed by atoms with E-state index in [-0.39, 0.29) is 23.8 Å². The Hall–Kier alpha value is -3.40. The number of rotatable bonds is 8. The van der Waals surface area contributed by atoms with E-state index in [1.165, 1.54) is 16.8 Å². The van der Waals surface area contributed by atoms with Crippen LogP contribution in [0.1, 0.15) is 22.3 Å². The second-order valence-electron chi connectivity index (χ2n) is 10.2. The molecule has 2 aliphatic heterocycles. The highest BCUT2D eigenvalue weighted by Gasteiger charge is 2.28. The molecule has 0 aliphatic carbocycles. The Bertz CT molecular complexity index is 1400.